The van der Waals surface area contributed by atoms with E-state index in [2.05, 4.69) is 36.5 Å². The monoisotopic (exact) mass is 502 g/mol. The molecular weight excluding hydrogens is 468 g/mol. The largest absolute Gasteiger partial charge is 0.493 e. The molecule has 1 amide bonds. The number of rotatable bonds is 8. The molecule has 0 bridgehead atoms. The average Bonchev–Trinajstić information content (AvgIpc) is 2.92. The van der Waals surface area contributed by atoms with E-state index < -0.39 is 12.1 Å². The van der Waals surface area contributed by atoms with E-state index in [9.17, 15) is 9.59 Å². The van der Waals surface area contributed by atoms with Crippen molar-refractivity contribution in [2.24, 2.45) is 0 Å². The molecule has 0 saturated carbocycles. The van der Waals surface area contributed by atoms with Crippen LogP contribution in [-0.4, -0.2) is 38.7 Å². The maximum atomic E-state index is 13.7. The number of nitrogens with one attached hydrogen (secondary N) is 1. The van der Waals surface area contributed by atoms with Crippen LogP contribution < -0.4 is 19.7 Å². The Morgan fingerprint density at radius 1 is 1.08 bits per heavy atom. The fraction of sp³-hybridized carbons (Fsp3) is 0.333. The zero-order valence-corrected chi connectivity index (χ0v) is 22.0. The standard InChI is InChI=1S/C30H34N2O5/c1-6-7-15-37-30(34)32-20(3)25(29(33)24-16-27(35-4)28(36-5)17-26(24)32)18-31-19(2)22-14-10-12-21-11-8-9-13-23(21)22/h8-14,16-20,31H,6-7,15H2,1-5H3/b25-18+. The first-order valence-electron chi connectivity index (χ1n) is 12.6. The molecule has 1 aliphatic rings. The van der Waals surface area contributed by atoms with Crippen LogP contribution in [0.25, 0.3) is 10.8 Å². The minimum atomic E-state index is -0.556. The summed E-state index contributed by atoms with van der Waals surface area (Å²) in [5.74, 6) is 0.668. The van der Waals surface area contributed by atoms with Gasteiger partial charge in [0.05, 0.1) is 38.1 Å². The number of hydrogen-bond acceptors (Lipinski definition) is 6. The van der Waals surface area contributed by atoms with Crippen LogP contribution in [0.5, 0.6) is 11.5 Å². The summed E-state index contributed by atoms with van der Waals surface area (Å²) in [6.07, 6.45) is 2.89. The summed E-state index contributed by atoms with van der Waals surface area (Å²) in [4.78, 5) is 28.5. The quantitative estimate of drug-likeness (QED) is 0.283. The molecule has 0 saturated heterocycles. The van der Waals surface area contributed by atoms with Crippen molar-refractivity contribution in [1.29, 1.82) is 0 Å². The van der Waals surface area contributed by atoms with Crippen LogP contribution in [0.15, 0.2) is 66.4 Å². The lowest BCUT2D eigenvalue weighted by molar-refractivity contribution is 0.102. The van der Waals surface area contributed by atoms with Gasteiger partial charge in [-0.15, -0.1) is 0 Å². The predicted octanol–water partition coefficient (Wildman–Crippen LogP) is 6.42. The molecule has 0 fully saturated rings. The molecule has 4 rings (SSSR count). The van der Waals surface area contributed by atoms with Gasteiger partial charge in [0.1, 0.15) is 0 Å². The van der Waals surface area contributed by atoms with Gasteiger partial charge in [-0.3, -0.25) is 9.69 Å². The zero-order valence-electron chi connectivity index (χ0n) is 22.0. The Bertz CT molecular complexity index is 1330. The fourth-order valence-electron chi connectivity index (χ4n) is 4.69. The minimum absolute atomic E-state index is 0.0737. The van der Waals surface area contributed by atoms with Gasteiger partial charge in [-0.2, -0.15) is 0 Å². The van der Waals surface area contributed by atoms with Crippen molar-refractivity contribution >= 4 is 28.3 Å². The van der Waals surface area contributed by atoms with Crippen molar-refractivity contribution in [3.05, 3.63) is 77.5 Å². The number of carbonyl (C=O) groups is 2. The second-order valence-corrected chi connectivity index (χ2v) is 9.12. The maximum Gasteiger partial charge on any atom is 0.414 e. The number of methoxy groups -OCH3 is 2. The summed E-state index contributed by atoms with van der Waals surface area (Å²) in [5.41, 5.74) is 2.37. The van der Waals surface area contributed by atoms with Gasteiger partial charge in [0.2, 0.25) is 0 Å². The lowest BCUT2D eigenvalue weighted by atomic mass is 9.90. The molecule has 3 aromatic rings. The van der Waals surface area contributed by atoms with E-state index in [0.29, 0.717) is 34.9 Å². The molecule has 0 spiro atoms. The number of ether oxygens (including phenoxy) is 3. The Morgan fingerprint density at radius 2 is 1.78 bits per heavy atom. The van der Waals surface area contributed by atoms with Gasteiger partial charge in [0.15, 0.2) is 17.3 Å². The third-order valence-corrected chi connectivity index (χ3v) is 6.80. The average molecular weight is 503 g/mol. The first kappa shape index (κ1) is 26.1. The molecule has 0 radical (unpaired) electrons. The Kier molecular flexibility index (Phi) is 8.01. The highest BCUT2D eigenvalue weighted by Crippen LogP contribution is 2.41. The summed E-state index contributed by atoms with van der Waals surface area (Å²) in [6, 6.07) is 17.0. The molecule has 1 aliphatic heterocycles. The van der Waals surface area contributed by atoms with Crippen LogP contribution in [0, 0.1) is 0 Å². The van der Waals surface area contributed by atoms with Gasteiger partial charge in [-0.05, 0) is 42.7 Å². The lowest BCUT2D eigenvalue weighted by Crippen LogP contribution is -2.46. The molecular formula is C30H34N2O5. The zero-order chi connectivity index (χ0) is 26.5. The van der Waals surface area contributed by atoms with Crippen molar-refractivity contribution in [2.75, 3.05) is 25.7 Å². The second kappa shape index (κ2) is 11.4. The molecule has 0 aliphatic carbocycles. The maximum absolute atomic E-state index is 13.7. The van der Waals surface area contributed by atoms with Gasteiger partial charge in [-0.25, -0.2) is 4.79 Å². The number of carbonyl (C=O) groups excluding carboxylic acids is 2. The van der Waals surface area contributed by atoms with E-state index in [1.54, 1.807) is 18.3 Å². The number of amides is 1. The van der Waals surface area contributed by atoms with Crippen LogP contribution in [0.2, 0.25) is 0 Å². The van der Waals surface area contributed by atoms with Crippen LogP contribution in [0.1, 0.15) is 55.6 Å². The van der Waals surface area contributed by atoms with Gasteiger partial charge in [0, 0.05) is 23.9 Å². The van der Waals surface area contributed by atoms with Crippen molar-refractivity contribution in [3.63, 3.8) is 0 Å². The first-order chi connectivity index (χ1) is 17.9. The van der Waals surface area contributed by atoms with Gasteiger partial charge >= 0.3 is 6.09 Å². The van der Waals surface area contributed by atoms with Crippen LogP contribution in [-0.2, 0) is 4.74 Å². The highest BCUT2D eigenvalue weighted by Gasteiger charge is 2.39. The Balaban J connectivity index is 1.72. The predicted molar refractivity (Wildman–Crippen MR) is 146 cm³/mol. The van der Waals surface area contributed by atoms with E-state index in [1.165, 1.54) is 19.1 Å². The number of fused-ring (bicyclic) bond motifs is 2. The summed E-state index contributed by atoms with van der Waals surface area (Å²) >= 11 is 0. The summed E-state index contributed by atoms with van der Waals surface area (Å²) in [5, 5.41) is 5.70. The first-order valence-corrected chi connectivity index (χ1v) is 12.6. The molecule has 7 heteroatoms. The van der Waals surface area contributed by atoms with Crippen molar-refractivity contribution in [2.45, 2.75) is 45.7 Å². The number of ketones is 1. The normalized spacial score (nSPS) is 16.9. The molecule has 3 aromatic carbocycles. The van der Waals surface area contributed by atoms with E-state index >= 15 is 0 Å². The van der Waals surface area contributed by atoms with Crippen molar-refractivity contribution in [1.82, 2.24) is 5.32 Å². The Labute approximate surface area is 218 Å². The fourth-order valence-corrected chi connectivity index (χ4v) is 4.69. The smallest absolute Gasteiger partial charge is 0.414 e. The molecule has 2 unspecified atom stereocenters. The highest BCUT2D eigenvalue weighted by molar-refractivity contribution is 6.18. The summed E-state index contributed by atoms with van der Waals surface area (Å²) in [6.45, 7) is 6.22. The molecule has 194 valence electrons. The van der Waals surface area contributed by atoms with E-state index in [1.807, 2.05) is 32.0 Å². The summed E-state index contributed by atoms with van der Waals surface area (Å²) in [7, 11) is 3.03. The number of hydrogen-bond donors (Lipinski definition) is 1. The third kappa shape index (κ3) is 5.12. The van der Waals surface area contributed by atoms with E-state index in [0.717, 1.165) is 29.2 Å². The van der Waals surface area contributed by atoms with Crippen LogP contribution >= 0.6 is 0 Å². The van der Waals surface area contributed by atoms with Crippen LogP contribution in [0.3, 0.4) is 0 Å². The number of nitrogens with zero attached hydrogens (tertiary/aromatic N) is 1. The molecule has 2 atom stereocenters. The van der Waals surface area contributed by atoms with Crippen LogP contribution in [0.4, 0.5) is 10.5 Å². The Morgan fingerprint density at radius 3 is 2.51 bits per heavy atom. The lowest BCUT2D eigenvalue weighted by Gasteiger charge is -2.36. The minimum Gasteiger partial charge on any atom is -0.493 e. The molecule has 1 heterocycles. The molecule has 0 aromatic heterocycles. The Hall–Kier alpha value is -4.00. The third-order valence-electron chi connectivity index (χ3n) is 6.80. The number of Topliss-reactive ketones (excluding diaryl/α,β-unsaturated/α-hetero) is 1. The molecule has 1 N–H and O–H groups in total. The number of anilines is 1. The van der Waals surface area contributed by atoms with Gasteiger partial charge in [0.25, 0.3) is 0 Å². The topological polar surface area (TPSA) is 77.1 Å². The molecule has 7 nitrogen and oxygen atoms in total. The van der Waals surface area contributed by atoms with Gasteiger partial charge < -0.3 is 19.5 Å². The van der Waals surface area contributed by atoms with Gasteiger partial charge in [-0.1, -0.05) is 55.8 Å². The summed E-state index contributed by atoms with van der Waals surface area (Å²) < 4.78 is 16.4. The number of benzene rings is 3. The number of unbranched alkanes of at least 4 members (excludes halogenated alkanes) is 1. The highest BCUT2D eigenvalue weighted by atomic mass is 16.6. The second-order valence-electron chi connectivity index (χ2n) is 9.12. The van der Waals surface area contributed by atoms with Crippen molar-refractivity contribution in [3.8, 4) is 11.5 Å². The SMILES string of the molecule is CCCCOC(=O)N1c2cc(OC)c(OC)cc2C(=O)/C(=C/NC(C)c2cccc3ccccc23)C1C. The van der Waals surface area contributed by atoms with E-state index in [-0.39, 0.29) is 11.8 Å². The van der Waals surface area contributed by atoms with Crippen molar-refractivity contribution < 1.29 is 23.8 Å². The molecule has 37 heavy (non-hydrogen) atoms. The van der Waals surface area contributed by atoms with E-state index in [4.69, 9.17) is 14.2 Å².